The fraction of sp³-hybridized carbons (Fsp3) is 0.318. The number of nitrogens with one attached hydrogen (secondary N) is 1. The molecular formula is C22H27NO5. The number of carbonyl (C=O) groups is 1. The molecule has 0 heterocycles. The third-order valence-electron chi connectivity index (χ3n) is 3.73. The van der Waals surface area contributed by atoms with Gasteiger partial charge < -0.3 is 24.3 Å². The van der Waals surface area contributed by atoms with E-state index in [-0.39, 0.29) is 12.5 Å². The molecule has 6 heteroatoms. The molecule has 2 rings (SSSR count). The summed E-state index contributed by atoms with van der Waals surface area (Å²) in [7, 11) is 1.57. The summed E-state index contributed by atoms with van der Waals surface area (Å²) in [5, 5.41) is 2.76. The Kier molecular flexibility index (Phi) is 8.72. The molecule has 0 atom stereocenters. The van der Waals surface area contributed by atoms with Crippen LogP contribution in [0.1, 0.15) is 19.4 Å². The van der Waals surface area contributed by atoms with Gasteiger partial charge in [0.05, 0.1) is 20.3 Å². The number of hydrogen-bond donors (Lipinski definition) is 1. The van der Waals surface area contributed by atoms with Crippen LogP contribution in [0.4, 0.5) is 0 Å². The number of methoxy groups -OCH3 is 1. The first-order valence-electron chi connectivity index (χ1n) is 9.22. The summed E-state index contributed by atoms with van der Waals surface area (Å²) in [5.41, 5.74) is 1.00. The monoisotopic (exact) mass is 385 g/mol. The van der Waals surface area contributed by atoms with Crippen molar-refractivity contribution in [2.75, 3.05) is 33.5 Å². The standard InChI is InChI=1S/C22H27NO5/c1-4-6-17-7-12-20(21(15-17)25-3)28-16-22(24)23-13-14-27-19-10-8-18(9-11-19)26-5-2/h4,6-12,15H,5,13-14,16H2,1-3H3,(H,23,24)/b6-4+. The molecule has 0 fully saturated rings. The van der Waals surface area contributed by atoms with Crippen molar-refractivity contribution in [2.24, 2.45) is 0 Å². The van der Waals surface area contributed by atoms with E-state index in [0.29, 0.717) is 31.3 Å². The van der Waals surface area contributed by atoms with Gasteiger partial charge >= 0.3 is 0 Å². The van der Waals surface area contributed by atoms with E-state index in [0.717, 1.165) is 17.1 Å². The van der Waals surface area contributed by atoms with E-state index in [2.05, 4.69) is 5.32 Å². The lowest BCUT2D eigenvalue weighted by Gasteiger charge is -2.12. The van der Waals surface area contributed by atoms with Crippen molar-refractivity contribution >= 4 is 12.0 Å². The lowest BCUT2D eigenvalue weighted by atomic mass is 10.2. The Morgan fingerprint density at radius 2 is 1.71 bits per heavy atom. The van der Waals surface area contributed by atoms with Crippen LogP contribution >= 0.6 is 0 Å². The highest BCUT2D eigenvalue weighted by Crippen LogP contribution is 2.28. The Labute approximate surface area is 166 Å². The summed E-state index contributed by atoms with van der Waals surface area (Å²) in [4.78, 5) is 12.0. The third-order valence-corrected chi connectivity index (χ3v) is 3.73. The van der Waals surface area contributed by atoms with Gasteiger partial charge in [-0.25, -0.2) is 0 Å². The van der Waals surface area contributed by atoms with Gasteiger partial charge in [0.1, 0.15) is 18.1 Å². The zero-order valence-corrected chi connectivity index (χ0v) is 16.6. The molecular weight excluding hydrogens is 358 g/mol. The second-order valence-electron chi connectivity index (χ2n) is 5.80. The fourth-order valence-corrected chi connectivity index (χ4v) is 2.45. The molecule has 0 radical (unpaired) electrons. The van der Waals surface area contributed by atoms with Gasteiger partial charge in [-0.15, -0.1) is 0 Å². The van der Waals surface area contributed by atoms with Crippen molar-refractivity contribution in [1.82, 2.24) is 5.32 Å². The summed E-state index contributed by atoms with van der Waals surface area (Å²) in [5.74, 6) is 2.41. The van der Waals surface area contributed by atoms with Gasteiger partial charge in [-0.3, -0.25) is 4.79 Å². The topological polar surface area (TPSA) is 66.0 Å². The zero-order valence-electron chi connectivity index (χ0n) is 16.6. The van der Waals surface area contributed by atoms with E-state index in [1.165, 1.54) is 0 Å². The van der Waals surface area contributed by atoms with Crippen molar-refractivity contribution in [2.45, 2.75) is 13.8 Å². The third kappa shape index (κ3) is 6.87. The Bertz CT molecular complexity index is 771. The van der Waals surface area contributed by atoms with Crippen LogP contribution in [0.15, 0.2) is 48.5 Å². The molecule has 0 aromatic heterocycles. The Morgan fingerprint density at radius 1 is 1.00 bits per heavy atom. The van der Waals surface area contributed by atoms with Crippen molar-refractivity contribution in [3.8, 4) is 23.0 Å². The highest BCUT2D eigenvalue weighted by Gasteiger charge is 2.08. The highest BCUT2D eigenvalue weighted by atomic mass is 16.5. The molecule has 2 aromatic carbocycles. The van der Waals surface area contributed by atoms with Crippen LogP contribution in [0.25, 0.3) is 6.08 Å². The molecule has 1 N–H and O–H groups in total. The zero-order chi connectivity index (χ0) is 20.2. The number of allylic oxidation sites excluding steroid dienone is 1. The molecule has 28 heavy (non-hydrogen) atoms. The van der Waals surface area contributed by atoms with Crippen LogP contribution in [-0.4, -0.2) is 39.4 Å². The van der Waals surface area contributed by atoms with E-state index in [1.807, 2.05) is 62.4 Å². The number of ether oxygens (including phenoxy) is 4. The van der Waals surface area contributed by atoms with Gasteiger partial charge in [-0.1, -0.05) is 18.2 Å². The molecule has 0 aliphatic carbocycles. The van der Waals surface area contributed by atoms with E-state index in [1.54, 1.807) is 13.2 Å². The van der Waals surface area contributed by atoms with Gasteiger partial charge in [0.15, 0.2) is 18.1 Å². The predicted molar refractivity (Wildman–Crippen MR) is 109 cm³/mol. The molecule has 0 bridgehead atoms. The maximum absolute atomic E-state index is 12.0. The molecule has 150 valence electrons. The second-order valence-corrected chi connectivity index (χ2v) is 5.80. The van der Waals surface area contributed by atoms with Crippen LogP contribution in [0.5, 0.6) is 23.0 Å². The van der Waals surface area contributed by atoms with Crippen molar-refractivity contribution < 1.29 is 23.7 Å². The first-order chi connectivity index (χ1) is 13.7. The van der Waals surface area contributed by atoms with Crippen LogP contribution in [0, 0.1) is 0 Å². The van der Waals surface area contributed by atoms with Crippen molar-refractivity contribution in [3.05, 3.63) is 54.1 Å². The lowest BCUT2D eigenvalue weighted by Crippen LogP contribution is -2.32. The number of hydrogen-bond acceptors (Lipinski definition) is 5. The van der Waals surface area contributed by atoms with Crippen LogP contribution in [-0.2, 0) is 4.79 Å². The molecule has 0 aliphatic heterocycles. The molecule has 0 saturated heterocycles. The molecule has 0 aliphatic rings. The van der Waals surface area contributed by atoms with Crippen LogP contribution in [0.3, 0.4) is 0 Å². The minimum Gasteiger partial charge on any atom is -0.494 e. The Morgan fingerprint density at radius 3 is 2.36 bits per heavy atom. The summed E-state index contributed by atoms with van der Waals surface area (Å²) >= 11 is 0. The van der Waals surface area contributed by atoms with Gasteiger partial charge in [-0.05, 0) is 55.8 Å². The van der Waals surface area contributed by atoms with Crippen molar-refractivity contribution in [3.63, 3.8) is 0 Å². The van der Waals surface area contributed by atoms with Gasteiger partial charge in [0.25, 0.3) is 5.91 Å². The number of benzene rings is 2. The van der Waals surface area contributed by atoms with Gasteiger partial charge in [0, 0.05) is 0 Å². The quantitative estimate of drug-likeness (QED) is 0.598. The lowest BCUT2D eigenvalue weighted by molar-refractivity contribution is -0.123. The Balaban J connectivity index is 1.71. The predicted octanol–water partition coefficient (Wildman–Crippen LogP) is 3.70. The van der Waals surface area contributed by atoms with Crippen molar-refractivity contribution in [1.29, 1.82) is 0 Å². The molecule has 0 spiro atoms. The maximum atomic E-state index is 12.0. The smallest absolute Gasteiger partial charge is 0.258 e. The average molecular weight is 385 g/mol. The van der Waals surface area contributed by atoms with E-state index in [9.17, 15) is 4.79 Å². The van der Waals surface area contributed by atoms with E-state index < -0.39 is 0 Å². The van der Waals surface area contributed by atoms with Gasteiger partial charge in [0.2, 0.25) is 0 Å². The maximum Gasteiger partial charge on any atom is 0.258 e. The minimum absolute atomic E-state index is 0.0949. The molecule has 6 nitrogen and oxygen atoms in total. The summed E-state index contributed by atoms with van der Waals surface area (Å²) in [6.07, 6.45) is 3.90. The molecule has 0 unspecified atom stereocenters. The fourth-order valence-electron chi connectivity index (χ4n) is 2.45. The number of rotatable bonds is 11. The van der Waals surface area contributed by atoms with Gasteiger partial charge in [-0.2, -0.15) is 0 Å². The normalized spacial score (nSPS) is 10.5. The Hall–Kier alpha value is -3.15. The highest BCUT2D eigenvalue weighted by molar-refractivity contribution is 5.77. The molecule has 2 aromatic rings. The summed E-state index contributed by atoms with van der Waals surface area (Å²) in [6, 6.07) is 12.9. The number of carbonyl (C=O) groups excluding carboxylic acids is 1. The first-order valence-corrected chi connectivity index (χ1v) is 9.22. The molecule has 0 saturated carbocycles. The second kappa shape index (κ2) is 11.5. The average Bonchev–Trinajstić information content (AvgIpc) is 2.71. The summed E-state index contributed by atoms with van der Waals surface area (Å²) < 4.78 is 21.8. The summed E-state index contributed by atoms with van der Waals surface area (Å²) in [6.45, 7) is 5.16. The SMILES string of the molecule is C/C=C/c1ccc(OCC(=O)NCCOc2ccc(OCC)cc2)c(OC)c1. The minimum atomic E-state index is -0.227. The largest absolute Gasteiger partial charge is 0.494 e. The molecule has 1 amide bonds. The number of amides is 1. The van der Waals surface area contributed by atoms with E-state index in [4.69, 9.17) is 18.9 Å². The van der Waals surface area contributed by atoms with E-state index >= 15 is 0 Å². The first kappa shape index (κ1) is 21.2. The van der Waals surface area contributed by atoms with Crippen LogP contribution < -0.4 is 24.3 Å². The van der Waals surface area contributed by atoms with Crippen LogP contribution in [0.2, 0.25) is 0 Å².